The second-order valence-electron chi connectivity index (χ2n) is 7.85. The van der Waals surface area contributed by atoms with Crippen molar-refractivity contribution in [2.75, 3.05) is 7.05 Å². The smallest absolute Gasteiger partial charge is 0.431 e. The third-order valence-electron chi connectivity index (χ3n) is 5.11. The van der Waals surface area contributed by atoms with Crippen molar-refractivity contribution < 1.29 is 36.3 Å². The fourth-order valence-electron chi connectivity index (χ4n) is 3.24. The fraction of sp³-hybridized carbons (Fsp3) is 0.227. The van der Waals surface area contributed by atoms with Crippen LogP contribution in [0.2, 0.25) is 5.02 Å². The number of alkyl halides is 3. The number of rotatable bonds is 9. The molecule has 0 bridgehead atoms. The molecule has 3 rings (SSSR count). The van der Waals surface area contributed by atoms with Crippen LogP contribution in [0.1, 0.15) is 12.1 Å². The highest BCUT2D eigenvalue weighted by atomic mass is 35.5. The number of benzene rings is 2. The molecular weight excluding hydrogens is 557 g/mol. The summed E-state index contributed by atoms with van der Waals surface area (Å²) in [5.41, 5.74) is -4.24. The number of carbonyl (C=O) groups excluding carboxylic acids is 1. The maximum Gasteiger partial charge on any atom is 0.431 e. The van der Waals surface area contributed by atoms with Gasteiger partial charge in [0.25, 0.3) is 21.5 Å². The number of aromatic nitrogens is 2. The first-order valence-electron chi connectivity index (χ1n) is 10.6. The molecule has 3 aromatic rings. The van der Waals surface area contributed by atoms with Crippen LogP contribution in [-0.4, -0.2) is 47.2 Å². The number of sulfonamides is 1. The number of amides is 1. The molecule has 0 saturated heterocycles. The molecule has 0 aliphatic rings. The van der Waals surface area contributed by atoms with Crippen molar-refractivity contribution in [2.24, 2.45) is 0 Å². The Bertz CT molecular complexity index is 1510. The van der Waals surface area contributed by atoms with E-state index in [0.717, 1.165) is 19.2 Å². The largest absolute Gasteiger partial charge is 0.457 e. The zero-order valence-corrected chi connectivity index (χ0v) is 21.0. The van der Waals surface area contributed by atoms with E-state index >= 15 is 0 Å². The first kappa shape index (κ1) is 28.9. The Morgan fingerprint density at radius 2 is 1.82 bits per heavy atom. The summed E-state index contributed by atoms with van der Waals surface area (Å²) in [4.78, 5) is 37.8. The van der Waals surface area contributed by atoms with Gasteiger partial charge in [0.05, 0.1) is 4.90 Å². The molecule has 204 valence electrons. The molecule has 1 aromatic heterocycles. The van der Waals surface area contributed by atoms with Crippen LogP contribution in [0.3, 0.4) is 0 Å². The van der Waals surface area contributed by atoms with Crippen molar-refractivity contribution in [1.29, 1.82) is 0 Å². The van der Waals surface area contributed by atoms with Gasteiger partial charge in [0.2, 0.25) is 0 Å². The van der Waals surface area contributed by atoms with Crippen LogP contribution in [0.5, 0.6) is 11.5 Å². The molecule has 0 radical (unpaired) electrons. The summed E-state index contributed by atoms with van der Waals surface area (Å²) in [5.74, 6) is -0.537. The van der Waals surface area contributed by atoms with E-state index in [1.807, 2.05) is 0 Å². The van der Waals surface area contributed by atoms with Gasteiger partial charge in [-0.15, -0.1) is 0 Å². The lowest BCUT2D eigenvalue weighted by Gasteiger charge is -2.22. The summed E-state index contributed by atoms with van der Waals surface area (Å²) < 4.78 is 71.4. The standard InChI is InChI=1S/C22H20ClF3N4O7S/c1-29(34)17(9-10-30-19(31)12-18(22(24,25)26)27-21(30)33)20(32)28-38(35,36)16-7-5-14(6-8-16)37-15-4-2-3-13(23)11-15/h2-8,11-12,17,34H,9-10H2,1H3,(H,27,33)(H,28,32). The van der Waals surface area contributed by atoms with E-state index in [-0.39, 0.29) is 16.7 Å². The molecule has 11 nitrogen and oxygen atoms in total. The highest BCUT2D eigenvalue weighted by Crippen LogP contribution is 2.26. The molecule has 3 N–H and O–H groups in total. The number of nitrogens with zero attached hydrogens (tertiary/aromatic N) is 2. The average molecular weight is 577 g/mol. The van der Waals surface area contributed by atoms with Gasteiger partial charge in [-0.25, -0.2) is 17.9 Å². The van der Waals surface area contributed by atoms with E-state index in [1.54, 1.807) is 29.0 Å². The zero-order chi connectivity index (χ0) is 28.3. The highest BCUT2D eigenvalue weighted by molar-refractivity contribution is 7.90. The Kier molecular flexibility index (Phi) is 8.66. The predicted octanol–water partition coefficient (Wildman–Crippen LogP) is 2.59. The van der Waals surface area contributed by atoms with Crippen molar-refractivity contribution in [3.63, 3.8) is 0 Å². The van der Waals surface area contributed by atoms with Gasteiger partial charge in [-0.3, -0.25) is 14.2 Å². The molecule has 0 spiro atoms. The molecule has 0 aliphatic carbocycles. The molecule has 0 fully saturated rings. The normalized spacial score (nSPS) is 12.8. The number of H-pyrrole nitrogens is 1. The Labute approximate surface area is 218 Å². The van der Waals surface area contributed by atoms with Crippen molar-refractivity contribution in [3.05, 3.63) is 86.2 Å². The van der Waals surface area contributed by atoms with E-state index in [0.29, 0.717) is 20.4 Å². The van der Waals surface area contributed by atoms with Crippen molar-refractivity contribution in [3.8, 4) is 11.5 Å². The summed E-state index contributed by atoms with van der Waals surface area (Å²) in [6.07, 6.45) is -5.46. The fourth-order valence-corrected chi connectivity index (χ4v) is 4.43. The lowest BCUT2D eigenvalue weighted by molar-refractivity contribution is -0.146. The Hall–Kier alpha value is -3.66. The Morgan fingerprint density at radius 3 is 2.37 bits per heavy atom. The number of likely N-dealkylation sites (N-methyl/N-ethyl adjacent to an activating group) is 1. The Balaban J connectivity index is 1.71. The number of nitrogens with one attached hydrogen (secondary N) is 2. The highest BCUT2D eigenvalue weighted by Gasteiger charge is 2.33. The third kappa shape index (κ3) is 7.22. The summed E-state index contributed by atoms with van der Waals surface area (Å²) in [7, 11) is -3.42. The zero-order valence-electron chi connectivity index (χ0n) is 19.4. The van der Waals surface area contributed by atoms with Crippen LogP contribution < -0.4 is 20.7 Å². The SMILES string of the molecule is CN(O)C(CCn1c(=O)cc(C(F)(F)F)[nH]c1=O)C(=O)NS(=O)(=O)c1ccc(Oc2cccc(Cl)c2)cc1. The van der Waals surface area contributed by atoms with Crippen LogP contribution in [-0.2, 0) is 27.5 Å². The van der Waals surface area contributed by atoms with Crippen LogP contribution in [0.15, 0.2) is 69.1 Å². The van der Waals surface area contributed by atoms with Gasteiger partial charge in [-0.05, 0) is 48.9 Å². The van der Waals surface area contributed by atoms with E-state index in [9.17, 15) is 41.2 Å². The maximum absolute atomic E-state index is 12.8. The van der Waals surface area contributed by atoms with E-state index in [1.165, 1.54) is 17.1 Å². The number of hydrogen-bond donors (Lipinski definition) is 3. The minimum atomic E-state index is -4.96. The van der Waals surface area contributed by atoms with Gasteiger partial charge in [-0.1, -0.05) is 17.7 Å². The van der Waals surface area contributed by atoms with E-state index < -0.39 is 58.1 Å². The molecule has 38 heavy (non-hydrogen) atoms. The number of ether oxygens (including phenoxy) is 1. The number of aromatic amines is 1. The van der Waals surface area contributed by atoms with Crippen LogP contribution >= 0.6 is 11.6 Å². The second-order valence-corrected chi connectivity index (χ2v) is 9.97. The van der Waals surface area contributed by atoms with Gasteiger partial charge in [-0.2, -0.15) is 18.2 Å². The number of hydroxylamine groups is 2. The first-order chi connectivity index (χ1) is 17.7. The molecule has 1 amide bonds. The Morgan fingerprint density at radius 1 is 1.16 bits per heavy atom. The lowest BCUT2D eigenvalue weighted by atomic mass is 10.2. The molecule has 1 unspecified atom stereocenters. The minimum Gasteiger partial charge on any atom is -0.457 e. The summed E-state index contributed by atoms with van der Waals surface area (Å²) in [6, 6.07) is 10.0. The summed E-state index contributed by atoms with van der Waals surface area (Å²) in [5, 5.41) is 10.6. The molecule has 1 heterocycles. The quantitative estimate of drug-likeness (QED) is 0.329. The molecular formula is C22H20ClF3N4O7S. The molecule has 2 aromatic carbocycles. The van der Waals surface area contributed by atoms with Crippen LogP contribution in [0, 0.1) is 0 Å². The van der Waals surface area contributed by atoms with Crippen molar-refractivity contribution in [1.82, 2.24) is 19.3 Å². The summed E-state index contributed by atoms with van der Waals surface area (Å²) >= 11 is 5.89. The summed E-state index contributed by atoms with van der Waals surface area (Å²) in [6.45, 7) is -0.606. The van der Waals surface area contributed by atoms with Gasteiger partial charge < -0.3 is 14.9 Å². The first-order valence-corrected chi connectivity index (χ1v) is 12.5. The minimum absolute atomic E-state index is 0.170. The van der Waals surface area contributed by atoms with Gasteiger partial charge >= 0.3 is 11.9 Å². The topological polar surface area (TPSA) is 151 Å². The van der Waals surface area contributed by atoms with Crippen molar-refractivity contribution in [2.45, 2.75) is 30.1 Å². The number of carbonyl (C=O) groups is 1. The molecule has 16 heteroatoms. The van der Waals surface area contributed by atoms with Gasteiger partial charge in [0.1, 0.15) is 23.2 Å². The average Bonchev–Trinajstić information content (AvgIpc) is 2.80. The lowest BCUT2D eigenvalue weighted by Crippen LogP contribution is -2.47. The van der Waals surface area contributed by atoms with Gasteiger partial charge in [0.15, 0.2) is 0 Å². The van der Waals surface area contributed by atoms with Gasteiger partial charge in [0, 0.05) is 24.7 Å². The molecule has 0 aliphatic heterocycles. The van der Waals surface area contributed by atoms with Crippen molar-refractivity contribution >= 4 is 27.5 Å². The second kappa shape index (κ2) is 11.4. The monoisotopic (exact) mass is 576 g/mol. The predicted molar refractivity (Wildman–Crippen MR) is 128 cm³/mol. The molecule has 0 saturated carbocycles. The third-order valence-corrected chi connectivity index (χ3v) is 6.70. The van der Waals surface area contributed by atoms with E-state index in [4.69, 9.17) is 16.3 Å². The number of halogens is 4. The molecule has 1 atom stereocenters. The van der Waals surface area contributed by atoms with Crippen LogP contribution in [0.4, 0.5) is 13.2 Å². The van der Waals surface area contributed by atoms with Crippen LogP contribution in [0.25, 0.3) is 0 Å². The number of hydrogen-bond acceptors (Lipinski definition) is 8. The van der Waals surface area contributed by atoms with E-state index in [2.05, 4.69) is 0 Å². The maximum atomic E-state index is 12.8.